The predicted molar refractivity (Wildman–Crippen MR) is 79.4 cm³/mol. The van der Waals surface area contributed by atoms with Gasteiger partial charge < -0.3 is 5.32 Å². The first-order valence-electron chi connectivity index (χ1n) is 7.00. The van der Waals surface area contributed by atoms with Crippen LogP contribution >= 0.6 is 15.9 Å². The number of nitrogens with one attached hydrogen (secondary N) is 1. The fourth-order valence-electron chi connectivity index (χ4n) is 2.96. The van der Waals surface area contributed by atoms with Gasteiger partial charge in [-0.05, 0) is 52.7 Å². The molecule has 3 heteroatoms. The molecule has 2 nitrogen and oxygen atoms in total. The van der Waals surface area contributed by atoms with Gasteiger partial charge in [-0.1, -0.05) is 26.7 Å². The van der Waals surface area contributed by atoms with Crippen LogP contribution < -0.4 is 5.32 Å². The van der Waals surface area contributed by atoms with Gasteiger partial charge in [0.2, 0.25) is 0 Å². The van der Waals surface area contributed by atoms with E-state index in [0.717, 1.165) is 28.5 Å². The largest absolute Gasteiger partial charge is 0.308 e. The molecule has 2 unspecified atom stereocenters. The molecule has 0 saturated heterocycles. The van der Waals surface area contributed by atoms with Crippen LogP contribution in [0.15, 0.2) is 22.8 Å². The molecule has 100 valence electrons. The van der Waals surface area contributed by atoms with Crippen molar-refractivity contribution in [2.24, 2.45) is 11.8 Å². The van der Waals surface area contributed by atoms with Gasteiger partial charge in [0.15, 0.2) is 0 Å². The van der Waals surface area contributed by atoms with E-state index in [1.54, 1.807) is 0 Å². The summed E-state index contributed by atoms with van der Waals surface area (Å²) in [6.45, 7) is 5.59. The summed E-state index contributed by atoms with van der Waals surface area (Å²) in [5.41, 5.74) is 1.13. The first kappa shape index (κ1) is 14.0. The third-order valence-electron chi connectivity index (χ3n) is 4.01. The summed E-state index contributed by atoms with van der Waals surface area (Å²) in [6, 6.07) is 4.82. The van der Waals surface area contributed by atoms with E-state index in [4.69, 9.17) is 0 Å². The number of pyridine rings is 1. The molecule has 1 N–H and O–H groups in total. The van der Waals surface area contributed by atoms with Crippen LogP contribution in [0.25, 0.3) is 0 Å². The Morgan fingerprint density at radius 3 is 2.78 bits per heavy atom. The van der Waals surface area contributed by atoms with Gasteiger partial charge in [-0.15, -0.1) is 0 Å². The average molecular weight is 311 g/mol. The second-order valence-corrected chi connectivity index (χ2v) is 6.56. The minimum absolute atomic E-state index is 0.671. The van der Waals surface area contributed by atoms with Gasteiger partial charge >= 0.3 is 0 Å². The van der Waals surface area contributed by atoms with Gasteiger partial charge in [-0.2, -0.15) is 0 Å². The van der Waals surface area contributed by atoms with Crippen LogP contribution in [0.2, 0.25) is 0 Å². The fourth-order valence-corrected chi connectivity index (χ4v) is 3.19. The number of halogens is 1. The van der Waals surface area contributed by atoms with Crippen molar-refractivity contribution < 1.29 is 0 Å². The molecule has 2 rings (SSSR count). The average Bonchev–Trinajstić information content (AvgIpc) is 2.38. The van der Waals surface area contributed by atoms with Crippen LogP contribution in [0.1, 0.15) is 45.2 Å². The van der Waals surface area contributed by atoms with E-state index in [2.05, 4.69) is 52.2 Å². The molecule has 1 saturated carbocycles. The molecule has 2 atom stereocenters. The quantitative estimate of drug-likeness (QED) is 0.903. The highest BCUT2D eigenvalue weighted by Gasteiger charge is 2.26. The predicted octanol–water partition coefficient (Wildman–Crippen LogP) is 4.15. The van der Waals surface area contributed by atoms with Crippen LogP contribution in [-0.4, -0.2) is 11.0 Å². The first-order chi connectivity index (χ1) is 8.66. The summed E-state index contributed by atoms with van der Waals surface area (Å²) in [5, 5.41) is 3.71. The van der Waals surface area contributed by atoms with Crippen molar-refractivity contribution in [1.29, 1.82) is 0 Å². The normalized spacial score (nSPS) is 24.4. The summed E-state index contributed by atoms with van der Waals surface area (Å²) in [5.74, 6) is 1.61. The van der Waals surface area contributed by atoms with E-state index in [0.29, 0.717) is 6.04 Å². The molecule has 18 heavy (non-hydrogen) atoms. The van der Waals surface area contributed by atoms with Crippen LogP contribution in [-0.2, 0) is 6.54 Å². The van der Waals surface area contributed by atoms with Crippen LogP contribution in [0.4, 0.5) is 0 Å². The van der Waals surface area contributed by atoms with Crippen LogP contribution in [0.3, 0.4) is 0 Å². The lowest BCUT2D eigenvalue weighted by molar-refractivity contribution is 0.204. The number of aromatic nitrogens is 1. The second-order valence-electron chi connectivity index (χ2n) is 5.65. The van der Waals surface area contributed by atoms with Crippen molar-refractivity contribution in [3.8, 4) is 0 Å². The van der Waals surface area contributed by atoms with E-state index < -0.39 is 0 Å². The molecular formula is C15H23BrN2. The zero-order valence-corrected chi connectivity index (χ0v) is 12.9. The zero-order valence-electron chi connectivity index (χ0n) is 11.3. The highest BCUT2D eigenvalue weighted by molar-refractivity contribution is 9.10. The highest BCUT2D eigenvalue weighted by atomic mass is 79.9. The summed E-state index contributed by atoms with van der Waals surface area (Å²) < 4.78 is 1.05. The first-order valence-corrected chi connectivity index (χ1v) is 7.80. The minimum atomic E-state index is 0.671. The minimum Gasteiger partial charge on any atom is -0.308 e. The topological polar surface area (TPSA) is 24.9 Å². The summed E-state index contributed by atoms with van der Waals surface area (Å²) in [6.07, 6.45) is 7.34. The van der Waals surface area contributed by atoms with Crippen molar-refractivity contribution >= 4 is 15.9 Å². The number of nitrogens with zero attached hydrogens (tertiary/aromatic N) is 1. The standard InChI is InChI=1S/C15H23BrN2/c1-11(2)14-5-3-4-6-15(14)18-10-13-8-7-12(16)9-17-13/h7-9,11,14-15,18H,3-6,10H2,1-2H3. The van der Waals surface area contributed by atoms with Crippen molar-refractivity contribution in [2.75, 3.05) is 0 Å². The third-order valence-corrected chi connectivity index (χ3v) is 4.48. The lowest BCUT2D eigenvalue weighted by Crippen LogP contribution is -2.40. The molecule has 0 amide bonds. The zero-order chi connectivity index (χ0) is 13.0. The molecule has 0 radical (unpaired) electrons. The Morgan fingerprint density at radius 1 is 1.33 bits per heavy atom. The Bertz CT molecular complexity index is 361. The van der Waals surface area contributed by atoms with E-state index in [9.17, 15) is 0 Å². The highest BCUT2D eigenvalue weighted by Crippen LogP contribution is 2.30. The van der Waals surface area contributed by atoms with Gasteiger partial charge in [0, 0.05) is 23.3 Å². The lowest BCUT2D eigenvalue weighted by Gasteiger charge is -2.35. The van der Waals surface area contributed by atoms with Gasteiger partial charge in [-0.3, -0.25) is 4.98 Å². The Hall–Kier alpha value is -0.410. The molecule has 0 spiro atoms. The SMILES string of the molecule is CC(C)C1CCCCC1NCc1ccc(Br)cn1. The Labute approximate surface area is 119 Å². The molecule has 1 aromatic heterocycles. The van der Waals surface area contributed by atoms with Gasteiger partial charge in [0.25, 0.3) is 0 Å². The Balaban J connectivity index is 1.89. The Morgan fingerprint density at radius 2 is 2.11 bits per heavy atom. The van der Waals surface area contributed by atoms with Crippen molar-refractivity contribution in [1.82, 2.24) is 10.3 Å². The van der Waals surface area contributed by atoms with E-state index in [-0.39, 0.29) is 0 Å². The maximum Gasteiger partial charge on any atom is 0.0542 e. The van der Waals surface area contributed by atoms with Gasteiger partial charge in [-0.25, -0.2) is 0 Å². The van der Waals surface area contributed by atoms with Crippen LogP contribution in [0.5, 0.6) is 0 Å². The molecule has 1 heterocycles. The molecule has 1 aliphatic carbocycles. The molecule has 0 aromatic carbocycles. The third kappa shape index (κ3) is 3.79. The molecular weight excluding hydrogens is 288 g/mol. The van der Waals surface area contributed by atoms with Crippen molar-refractivity contribution in [2.45, 2.75) is 52.1 Å². The molecule has 0 aliphatic heterocycles. The number of hydrogen-bond donors (Lipinski definition) is 1. The smallest absolute Gasteiger partial charge is 0.0542 e. The number of hydrogen-bond acceptors (Lipinski definition) is 2. The molecule has 1 aromatic rings. The van der Waals surface area contributed by atoms with E-state index in [1.165, 1.54) is 25.7 Å². The molecule has 0 bridgehead atoms. The monoisotopic (exact) mass is 310 g/mol. The lowest BCUT2D eigenvalue weighted by atomic mass is 9.78. The summed E-state index contributed by atoms with van der Waals surface area (Å²) in [7, 11) is 0. The maximum atomic E-state index is 4.42. The van der Waals surface area contributed by atoms with Gasteiger partial charge in [0.1, 0.15) is 0 Å². The van der Waals surface area contributed by atoms with Gasteiger partial charge in [0.05, 0.1) is 5.69 Å². The summed E-state index contributed by atoms with van der Waals surface area (Å²) >= 11 is 3.42. The second kappa shape index (κ2) is 6.67. The molecule has 1 fully saturated rings. The fraction of sp³-hybridized carbons (Fsp3) is 0.667. The van der Waals surface area contributed by atoms with Crippen LogP contribution in [0, 0.1) is 11.8 Å². The maximum absolute atomic E-state index is 4.42. The number of rotatable bonds is 4. The van der Waals surface area contributed by atoms with E-state index >= 15 is 0 Å². The van der Waals surface area contributed by atoms with Crippen molar-refractivity contribution in [3.63, 3.8) is 0 Å². The Kier molecular flexibility index (Phi) is 5.19. The molecule has 1 aliphatic rings. The van der Waals surface area contributed by atoms with Crippen molar-refractivity contribution in [3.05, 3.63) is 28.5 Å². The summed E-state index contributed by atoms with van der Waals surface area (Å²) in [4.78, 5) is 4.42. The van der Waals surface area contributed by atoms with E-state index in [1.807, 2.05) is 6.20 Å².